The molecule has 4 nitrogen and oxygen atoms in total. The largest absolute Gasteiger partial charge is 0.464 e. The van der Waals surface area contributed by atoms with Gasteiger partial charge in [-0.1, -0.05) is 23.8 Å². The second-order valence-electron chi connectivity index (χ2n) is 3.96. The molecule has 94 valence electrons. The maximum atomic E-state index is 5.88. The van der Waals surface area contributed by atoms with Gasteiger partial charge in [-0.25, -0.2) is 0 Å². The molecule has 1 aromatic heterocycles. The summed E-state index contributed by atoms with van der Waals surface area (Å²) in [5.41, 5.74) is 3.23. The summed E-state index contributed by atoms with van der Waals surface area (Å²) in [5.74, 6) is 0.538. The lowest BCUT2D eigenvalue weighted by atomic mass is 10.1. The normalized spacial score (nSPS) is 10.4. The summed E-state index contributed by atoms with van der Waals surface area (Å²) in [6.45, 7) is 6.42. The van der Waals surface area contributed by atoms with Crippen LogP contribution in [0, 0.1) is 13.8 Å². The Hall–Kier alpha value is -1.68. The second kappa shape index (κ2) is 5.31. The van der Waals surface area contributed by atoms with E-state index in [0.29, 0.717) is 12.4 Å². The van der Waals surface area contributed by atoms with Gasteiger partial charge >= 0.3 is 6.01 Å². The quantitative estimate of drug-likeness (QED) is 0.853. The predicted octanol–water partition coefficient (Wildman–Crippen LogP) is 3.21. The minimum Gasteiger partial charge on any atom is -0.464 e. The molecule has 0 unspecified atom stereocenters. The molecule has 0 radical (unpaired) electrons. The zero-order chi connectivity index (χ0) is 13.1. The van der Waals surface area contributed by atoms with Gasteiger partial charge < -0.3 is 4.74 Å². The van der Waals surface area contributed by atoms with Crippen LogP contribution in [0.25, 0.3) is 11.4 Å². The molecule has 2 aromatic rings. The molecule has 0 aliphatic carbocycles. The maximum absolute atomic E-state index is 5.88. The number of hydrogen-bond acceptors (Lipinski definition) is 4. The van der Waals surface area contributed by atoms with Gasteiger partial charge in [-0.3, -0.25) is 0 Å². The summed E-state index contributed by atoms with van der Waals surface area (Å²) in [4.78, 5) is 12.3. The van der Waals surface area contributed by atoms with Crippen molar-refractivity contribution in [2.75, 3.05) is 6.61 Å². The van der Waals surface area contributed by atoms with E-state index >= 15 is 0 Å². The first-order valence-electron chi connectivity index (χ1n) is 5.72. The van der Waals surface area contributed by atoms with E-state index in [2.05, 4.69) is 21.0 Å². The molecular weight excluding hydrogens is 250 g/mol. The standard InChI is InChI=1S/C13H14ClN3O/c1-4-18-13-16-11(15-12(14)17-13)10-6-5-8(2)7-9(10)3/h5-7H,4H2,1-3H3. The Labute approximate surface area is 111 Å². The number of benzene rings is 1. The summed E-state index contributed by atoms with van der Waals surface area (Å²) >= 11 is 5.88. The van der Waals surface area contributed by atoms with Crippen molar-refractivity contribution in [2.45, 2.75) is 20.8 Å². The molecule has 0 atom stereocenters. The third-order valence-electron chi connectivity index (χ3n) is 2.48. The number of hydrogen-bond donors (Lipinski definition) is 0. The Balaban J connectivity index is 2.49. The minimum absolute atomic E-state index is 0.142. The van der Waals surface area contributed by atoms with Crippen molar-refractivity contribution in [1.29, 1.82) is 0 Å². The molecule has 1 aromatic carbocycles. The van der Waals surface area contributed by atoms with Gasteiger partial charge in [-0.2, -0.15) is 15.0 Å². The lowest BCUT2D eigenvalue weighted by Gasteiger charge is -2.07. The Morgan fingerprint density at radius 2 is 1.94 bits per heavy atom. The number of ether oxygens (including phenoxy) is 1. The van der Waals surface area contributed by atoms with E-state index < -0.39 is 0 Å². The molecule has 0 N–H and O–H groups in total. The van der Waals surface area contributed by atoms with E-state index in [1.807, 2.05) is 32.9 Å². The molecule has 0 aliphatic heterocycles. The van der Waals surface area contributed by atoms with Crippen molar-refractivity contribution in [3.05, 3.63) is 34.6 Å². The molecular formula is C13H14ClN3O. The average molecular weight is 264 g/mol. The van der Waals surface area contributed by atoms with E-state index in [0.717, 1.165) is 11.1 Å². The molecule has 1 heterocycles. The molecule has 0 saturated heterocycles. The molecule has 0 aliphatic rings. The molecule has 0 bridgehead atoms. The highest BCUT2D eigenvalue weighted by Gasteiger charge is 2.10. The first-order valence-corrected chi connectivity index (χ1v) is 6.10. The topological polar surface area (TPSA) is 47.9 Å². The number of aromatic nitrogens is 3. The Kier molecular flexibility index (Phi) is 3.77. The molecule has 0 fully saturated rings. The lowest BCUT2D eigenvalue weighted by Crippen LogP contribution is -2.02. The van der Waals surface area contributed by atoms with Crippen molar-refractivity contribution < 1.29 is 4.74 Å². The highest BCUT2D eigenvalue weighted by Crippen LogP contribution is 2.23. The van der Waals surface area contributed by atoms with Crippen molar-refractivity contribution >= 4 is 11.6 Å². The Morgan fingerprint density at radius 3 is 2.61 bits per heavy atom. The van der Waals surface area contributed by atoms with E-state index in [1.165, 1.54) is 5.56 Å². The van der Waals surface area contributed by atoms with Crippen LogP contribution in [0.2, 0.25) is 5.28 Å². The van der Waals surface area contributed by atoms with Crippen LogP contribution in [0.4, 0.5) is 0 Å². The summed E-state index contributed by atoms with van der Waals surface area (Å²) in [7, 11) is 0. The van der Waals surface area contributed by atoms with Gasteiger partial charge in [-0.05, 0) is 37.9 Å². The Bertz CT molecular complexity index is 572. The first-order chi connectivity index (χ1) is 8.60. The van der Waals surface area contributed by atoms with Crippen LogP contribution in [-0.2, 0) is 0 Å². The smallest absolute Gasteiger partial charge is 0.321 e. The fourth-order valence-corrected chi connectivity index (χ4v) is 1.86. The minimum atomic E-state index is 0.142. The van der Waals surface area contributed by atoms with E-state index in [-0.39, 0.29) is 11.3 Å². The summed E-state index contributed by atoms with van der Waals surface area (Å²) in [5, 5.41) is 0.142. The van der Waals surface area contributed by atoms with Crippen LogP contribution in [-0.4, -0.2) is 21.6 Å². The molecule has 0 amide bonds. The number of rotatable bonds is 3. The molecule has 0 saturated carbocycles. The van der Waals surface area contributed by atoms with Crippen LogP contribution >= 0.6 is 11.6 Å². The number of halogens is 1. The summed E-state index contributed by atoms with van der Waals surface area (Å²) in [6.07, 6.45) is 0. The molecule has 5 heteroatoms. The van der Waals surface area contributed by atoms with Gasteiger partial charge in [0.2, 0.25) is 5.28 Å². The van der Waals surface area contributed by atoms with Crippen molar-refractivity contribution in [1.82, 2.24) is 15.0 Å². The van der Waals surface area contributed by atoms with Gasteiger partial charge in [0.1, 0.15) is 0 Å². The fraction of sp³-hybridized carbons (Fsp3) is 0.308. The summed E-state index contributed by atoms with van der Waals surface area (Å²) in [6, 6.07) is 6.33. The van der Waals surface area contributed by atoms with Gasteiger partial charge in [0.05, 0.1) is 6.61 Å². The third-order valence-corrected chi connectivity index (χ3v) is 2.65. The zero-order valence-corrected chi connectivity index (χ0v) is 11.3. The van der Waals surface area contributed by atoms with Crippen LogP contribution in [0.5, 0.6) is 6.01 Å². The first kappa shape index (κ1) is 12.8. The van der Waals surface area contributed by atoms with Crippen LogP contribution in [0.3, 0.4) is 0 Å². The second-order valence-corrected chi connectivity index (χ2v) is 4.30. The zero-order valence-electron chi connectivity index (χ0n) is 10.6. The number of aryl methyl sites for hydroxylation is 2. The molecule has 2 rings (SSSR count). The summed E-state index contributed by atoms with van der Waals surface area (Å²) < 4.78 is 5.27. The number of nitrogens with zero attached hydrogens (tertiary/aromatic N) is 3. The van der Waals surface area contributed by atoms with E-state index in [9.17, 15) is 0 Å². The predicted molar refractivity (Wildman–Crippen MR) is 70.9 cm³/mol. The van der Waals surface area contributed by atoms with Crippen molar-refractivity contribution in [3.8, 4) is 17.4 Å². The van der Waals surface area contributed by atoms with Gasteiger partial charge in [0.25, 0.3) is 0 Å². The van der Waals surface area contributed by atoms with Crippen molar-refractivity contribution in [2.24, 2.45) is 0 Å². The highest BCUT2D eigenvalue weighted by molar-refractivity contribution is 6.28. The van der Waals surface area contributed by atoms with Gasteiger partial charge in [0, 0.05) is 5.56 Å². The lowest BCUT2D eigenvalue weighted by molar-refractivity contribution is 0.312. The third kappa shape index (κ3) is 2.76. The van der Waals surface area contributed by atoms with Gasteiger partial charge in [-0.15, -0.1) is 0 Å². The molecule has 18 heavy (non-hydrogen) atoms. The average Bonchev–Trinajstić information content (AvgIpc) is 2.28. The maximum Gasteiger partial charge on any atom is 0.321 e. The monoisotopic (exact) mass is 263 g/mol. The van der Waals surface area contributed by atoms with Gasteiger partial charge in [0.15, 0.2) is 5.82 Å². The highest BCUT2D eigenvalue weighted by atomic mass is 35.5. The Morgan fingerprint density at radius 1 is 1.17 bits per heavy atom. The van der Waals surface area contributed by atoms with Crippen LogP contribution in [0.15, 0.2) is 18.2 Å². The fourth-order valence-electron chi connectivity index (χ4n) is 1.71. The van der Waals surface area contributed by atoms with E-state index in [4.69, 9.17) is 16.3 Å². The van der Waals surface area contributed by atoms with Crippen molar-refractivity contribution in [3.63, 3.8) is 0 Å². The van der Waals surface area contributed by atoms with E-state index in [1.54, 1.807) is 0 Å². The van der Waals surface area contributed by atoms with Crippen LogP contribution in [0.1, 0.15) is 18.1 Å². The molecule has 0 spiro atoms. The van der Waals surface area contributed by atoms with Crippen LogP contribution < -0.4 is 4.74 Å². The SMILES string of the molecule is CCOc1nc(Cl)nc(-c2ccc(C)cc2C)n1.